The first-order valence-electron chi connectivity index (χ1n) is 8.78. The molecule has 0 aliphatic heterocycles. The zero-order chi connectivity index (χ0) is 17.8. The van der Waals surface area contributed by atoms with Gasteiger partial charge in [0.25, 0.3) is 0 Å². The first-order chi connectivity index (χ1) is 12.1. The largest absolute Gasteiger partial charge is 0.352 e. The lowest BCUT2D eigenvalue weighted by Gasteiger charge is -2.19. The number of rotatable bonds is 5. The summed E-state index contributed by atoms with van der Waals surface area (Å²) in [5.41, 5.74) is 0.901. The maximum Gasteiger partial charge on any atom is 0.321 e. The van der Waals surface area contributed by atoms with E-state index in [4.69, 9.17) is 0 Å². The quantitative estimate of drug-likeness (QED) is 0.613. The fourth-order valence-electron chi connectivity index (χ4n) is 3.25. The average Bonchev–Trinajstić information content (AvgIpc) is 2.74. The second kappa shape index (κ2) is 8.17. The lowest BCUT2D eigenvalue weighted by molar-refractivity contribution is -0.121. The number of aromatic nitrogens is 2. The van der Waals surface area contributed by atoms with Gasteiger partial charge in [0.1, 0.15) is 0 Å². The van der Waals surface area contributed by atoms with E-state index in [1.165, 1.54) is 12.8 Å². The number of benzene rings is 1. The molecule has 0 saturated heterocycles. The van der Waals surface area contributed by atoms with Crippen LogP contribution in [0, 0.1) is 0 Å². The molecule has 1 amide bonds. The number of alkyl halides is 2. The molecule has 1 heterocycles. The van der Waals surface area contributed by atoms with E-state index >= 15 is 0 Å². The highest BCUT2D eigenvalue weighted by Crippen LogP contribution is 2.31. The van der Waals surface area contributed by atoms with Crippen molar-refractivity contribution in [2.75, 3.05) is 0 Å². The minimum absolute atomic E-state index is 0.107. The predicted molar refractivity (Wildman–Crippen MR) is 95.9 cm³/mol. The Kier molecular flexibility index (Phi) is 5.93. The molecular formula is C18H23F2N3OS. The van der Waals surface area contributed by atoms with Gasteiger partial charge in [-0.15, -0.1) is 0 Å². The molecule has 3 rings (SSSR count). The van der Waals surface area contributed by atoms with Crippen molar-refractivity contribution in [1.29, 1.82) is 0 Å². The Balaban J connectivity index is 1.71. The summed E-state index contributed by atoms with van der Waals surface area (Å²) in [6.07, 6.45) is 6.70. The van der Waals surface area contributed by atoms with Crippen LogP contribution >= 0.6 is 11.8 Å². The van der Waals surface area contributed by atoms with Crippen LogP contribution in [0.2, 0.25) is 0 Å². The fraction of sp³-hybridized carbons (Fsp3) is 0.556. The summed E-state index contributed by atoms with van der Waals surface area (Å²) >= 11 is 1.09. The summed E-state index contributed by atoms with van der Waals surface area (Å²) in [6, 6.07) is 7.00. The standard InChI is InChI=1S/C18H23F2N3OS/c1-12(16(24)21-13-8-4-2-3-5-9-13)25-18-22-14-10-6-7-11-15(14)23(18)17(19)20/h6-7,10-13,17H,2-5,8-9H2,1H3,(H,21,24). The van der Waals surface area contributed by atoms with Crippen molar-refractivity contribution >= 4 is 28.7 Å². The van der Waals surface area contributed by atoms with E-state index in [9.17, 15) is 13.6 Å². The van der Waals surface area contributed by atoms with Gasteiger partial charge in [0.15, 0.2) is 5.16 Å². The molecule has 1 fully saturated rings. The first-order valence-corrected chi connectivity index (χ1v) is 9.66. The third-order valence-corrected chi connectivity index (χ3v) is 5.68. The molecule has 1 saturated carbocycles. The molecule has 1 aliphatic rings. The van der Waals surface area contributed by atoms with E-state index in [0.717, 1.165) is 42.0 Å². The van der Waals surface area contributed by atoms with Gasteiger partial charge in [-0.1, -0.05) is 49.6 Å². The number of nitrogens with one attached hydrogen (secondary N) is 1. The van der Waals surface area contributed by atoms with Gasteiger partial charge in [-0.25, -0.2) is 4.98 Å². The smallest absolute Gasteiger partial charge is 0.321 e. The molecular weight excluding hydrogens is 344 g/mol. The first kappa shape index (κ1) is 18.2. The average molecular weight is 367 g/mol. The summed E-state index contributed by atoms with van der Waals surface area (Å²) in [7, 11) is 0. The second-order valence-corrected chi connectivity index (χ2v) is 7.80. The van der Waals surface area contributed by atoms with Crippen LogP contribution in [0.15, 0.2) is 29.4 Å². The van der Waals surface area contributed by atoms with E-state index in [2.05, 4.69) is 10.3 Å². The Hall–Kier alpha value is -1.63. The number of carbonyl (C=O) groups excluding carboxylic acids is 1. The molecule has 4 nitrogen and oxygen atoms in total. The van der Waals surface area contributed by atoms with Crippen molar-refractivity contribution in [3.8, 4) is 0 Å². The number of carbonyl (C=O) groups is 1. The lowest BCUT2D eigenvalue weighted by Crippen LogP contribution is -2.39. The third-order valence-electron chi connectivity index (χ3n) is 4.61. The maximum atomic E-state index is 13.5. The van der Waals surface area contributed by atoms with Crippen LogP contribution in [0.1, 0.15) is 52.0 Å². The van der Waals surface area contributed by atoms with Crippen LogP contribution in [-0.4, -0.2) is 26.8 Å². The van der Waals surface area contributed by atoms with Crippen molar-refractivity contribution < 1.29 is 13.6 Å². The highest BCUT2D eigenvalue weighted by Gasteiger charge is 2.24. The Morgan fingerprint density at radius 1 is 1.24 bits per heavy atom. The van der Waals surface area contributed by atoms with Crippen molar-refractivity contribution in [2.24, 2.45) is 0 Å². The number of hydrogen-bond donors (Lipinski definition) is 1. The number of imidazole rings is 1. The lowest BCUT2D eigenvalue weighted by atomic mass is 10.1. The molecule has 1 unspecified atom stereocenters. The van der Waals surface area contributed by atoms with Gasteiger partial charge in [0, 0.05) is 6.04 Å². The highest BCUT2D eigenvalue weighted by atomic mass is 32.2. The van der Waals surface area contributed by atoms with Crippen LogP contribution in [0.3, 0.4) is 0 Å². The molecule has 2 aromatic rings. The number of fused-ring (bicyclic) bond motifs is 1. The molecule has 0 bridgehead atoms. The molecule has 25 heavy (non-hydrogen) atoms. The van der Waals surface area contributed by atoms with Crippen LogP contribution < -0.4 is 5.32 Å². The summed E-state index contributed by atoms with van der Waals surface area (Å²) in [4.78, 5) is 16.8. The van der Waals surface area contributed by atoms with Crippen molar-refractivity contribution in [3.05, 3.63) is 24.3 Å². The van der Waals surface area contributed by atoms with Crippen LogP contribution in [0.4, 0.5) is 8.78 Å². The van der Waals surface area contributed by atoms with Crippen molar-refractivity contribution in [1.82, 2.24) is 14.9 Å². The summed E-state index contributed by atoms with van der Waals surface area (Å²) in [6.45, 7) is -0.946. The number of amides is 1. The summed E-state index contributed by atoms with van der Waals surface area (Å²) < 4.78 is 27.8. The summed E-state index contributed by atoms with van der Waals surface area (Å²) in [5, 5.41) is 2.78. The van der Waals surface area contributed by atoms with Crippen LogP contribution in [0.25, 0.3) is 11.0 Å². The van der Waals surface area contributed by atoms with Crippen molar-refractivity contribution in [3.63, 3.8) is 0 Å². The molecule has 1 atom stereocenters. The number of thioether (sulfide) groups is 1. The molecule has 136 valence electrons. The zero-order valence-corrected chi connectivity index (χ0v) is 15.1. The van der Waals surface area contributed by atoms with Gasteiger partial charge in [0.2, 0.25) is 5.91 Å². The molecule has 7 heteroatoms. The third kappa shape index (κ3) is 4.32. The zero-order valence-electron chi connectivity index (χ0n) is 14.3. The topological polar surface area (TPSA) is 46.9 Å². The Bertz CT molecular complexity index is 726. The molecule has 1 aromatic carbocycles. The fourth-order valence-corrected chi connectivity index (χ4v) is 4.18. The van der Waals surface area contributed by atoms with E-state index < -0.39 is 11.8 Å². The van der Waals surface area contributed by atoms with Gasteiger partial charge in [-0.2, -0.15) is 8.78 Å². The Labute approximate surface area is 150 Å². The van der Waals surface area contributed by atoms with E-state index in [0.29, 0.717) is 11.0 Å². The minimum atomic E-state index is -2.69. The van der Waals surface area contributed by atoms with E-state index in [1.54, 1.807) is 31.2 Å². The Morgan fingerprint density at radius 3 is 2.60 bits per heavy atom. The molecule has 1 N–H and O–H groups in total. The van der Waals surface area contributed by atoms with Crippen LogP contribution in [0.5, 0.6) is 0 Å². The Morgan fingerprint density at radius 2 is 1.92 bits per heavy atom. The summed E-state index contributed by atoms with van der Waals surface area (Å²) in [5.74, 6) is -0.107. The monoisotopic (exact) mass is 367 g/mol. The van der Waals surface area contributed by atoms with Crippen LogP contribution in [-0.2, 0) is 4.79 Å². The maximum absolute atomic E-state index is 13.5. The number of nitrogens with zero attached hydrogens (tertiary/aromatic N) is 2. The predicted octanol–water partition coefficient (Wildman–Crippen LogP) is 4.75. The molecule has 1 aromatic heterocycles. The molecule has 0 spiro atoms. The molecule has 1 aliphatic carbocycles. The number of para-hydroxylation sites is 2. The van der Waals surface area contributed by atoms with Gasteiger partial charge >= 0.3 is 6.55 Å². The SMILES string of the molecule is CC(Sc1nc2ccccc2n1C(F)F)C(=O)NC1CCCCCC1. The van der Waals surface area contributed by atoms with Gasteiger partial charge in [0.05, 0.1) is 16.3 Å². The van der Waals surface area contributed by atoms with E-state index in [1.807, 2.05) is 0 Å². The van der Waals surface area contributed by atoms with E-state index in [-0.39, 0.29) is 17.1 Å². The number of hydrogen-bond acceptors (Lipinski definition) is 3. The molecule has 0 radical (unpaired) electrons. The van der Waals surface area contributed by atoms with Crippen molar-refractivity contribution in [2.45, 2.75) is 68.4 Å². The second-order valence-electron chi connectivity index (χ2n) is 6.49. The minimum Gasteiger partial charge on any atom is -0.352 e. The van der Waals surface area contributed by atoms with Gasteiger partial charge in [-0.05, 0) is 31.9 Å². The number of halogens is 2. The van der Waals surface area contributed by atoms with Gasteiger partial charge in [-0.3, -0.25) is 9.36 Å². The highest BCUT2D eigenvalue weighted by molar-refractivity contribution is 8.00. The van der Waals surface area contributed by atoms with Gasteiger partial charge < -0.3 is 5.32 Å². The normalized spacial score (nSPS) is 17.6.